The molecule has 2 nitrogen and oxygen atoms in total. The molecule has 1 aromatic heterocycles. The Morgan fingerprint density at radius 3 is 3.06 bits per heavy atom. The quantitative estimate of drug-likeness (QED) is 0.894. The summed E-state index contributed by atoms with van der Waals surface area (Å²) in [7, 11) is 0. The summed E-state index contributed by atoms with van der Waals surface area (Å²) in [5.41, 5.74) is 0. The number of thiazole rings is 1. The van der Waals surface area contributed by atoms with Gasteiger partial charge in [-0.3, -0.25) is 0 Å². The lowest BCUT2D eigenvalue weighted by Crippen LogP contribution is -2.36. The van der Waals surface area contributed by atoms with Gasteiger partial charge in [-0.2, -0.15) is 11.8 Å². The van der Waals surface area contributed by atoms with Crippen LogP contribution in [0.3, 0.4) is 0 Å². The summed E-state index contributed by atoms with van der Waals surface area (Å²) in [5.74, 6) is 2.60. The van der Waals surface area contributed by atoms with E-state index in [1.54, 1.807) is 0 Å². The molecule has 0 amide bonds. The summed E-state index contributed by atoms with van der Waals surface area (Å²) in [6.45, 7) is 4.37. The highest BCUT2D eigenvalue weighted by molar-refractivity contribution is 7.99. The first-order valence-corrected chi connectivity index (χ1v) is 8.03. The van der Waals surface area contributed by atoms with Crippen molar-refractivity contribution in [1.29, 1.82) is 0 Å². The van der Waals surface area contributed by atoms with E-state index in [1.807, 2.05) is 17.5 Å². The second-order valence-corrected chi connectivity index (χ2v) is 6.77. The van der Waals surface area contributed by atoms with Crippen molar-refractivity contribution in [3.8, 4) is 0 Å². The Hall–Kier alpha value is -0.0600. The predicted molar refractivity (Wildman–Crippen MR) is 73.4 cm³/mol. The summed E-state index contributed by atoms with van der Waals surface area (Å²) >= 11 is 3.90. The lowest BCUT2D eigenvalue weighted by molar-refractivity contribution is 0.424. The predicted octanol–water partition coefficient (Wildman–Crippen LogP) is 3.39. The molecular weight excluding hydrogens is 236 g/mol. The molecule has 1 fully saturated rings. The molecule has 0 saturated carbocycles. The third-order valence-corrected chi connectivity index (χ3v) is 5.18. The number of nitrogens with one attached hydrogen (secondary N) is 1. The molecule has 0 aromatic carbocycles. The Kier molecular flexibility index (Phi) is 4.67. The van der Waals surface area contributed by atoms with E-state index in [1.165, 1.54) is 34.2 Å². The molecule has 1 N–H and O–H groups in total. The Bertz CT molecular complexity index is 319. The van der Waals surface area contributed by atoms with Crippen molar-refractivity contribution in [2.45, 2.75) is 45.2 Å². The molecule has 2 heterocycles. The van der Waals surface area contributed by atoms with Crippen molar-refractivity contribution in [3.05, 3.63) is 16.1 Å². The van der Waals surface area contributed by atoms with Crippen molar-refractivity contribution in [1.82, 2.24) is 10.3 Å². The maximum Gasteiger partial charge on any atom is 0.110 e. The molecule has 90 valence electrons. The number of hydrogen-bond donors (Lipinski definition) is 1. The zero-order valence-electron chi connectivity index (χ0n) is 10.0. The molecule has 2 atom stereocenters. The first-order valence-electron chi connectivity index (χ1n) is 6.05. The van der Waals surface area contributed by atoms with Crippen LogP contribution in [0.2, 0.25) is 0 Å². The van der Waals surface area contributed by atoms with Gasteiger partial charge < -0.3 is 5.32 Å². The second-order valence-electron chi connectivity index (χ2n) is 4.35. The van der Waals surface area contributed by atoms with Crippen LogP contribution < -0.4 is 5.32 Å². The van der Waals surface area contributed by atoms with Crippen LogP contribution in [0.15, 0.2) is 6.20 Å². The molecule has 1 aliphatic heterocycles. The number of hydrogen-bond acceptors (Lipinski definition) is 4. The molecule has 0 aliphatic carbocycles. The Morgan fingerprint density at radius 2 is 2.50 bits per heavy atom. The van der Waals surface area contributed by atoms with Crippen molar-refractivity contribution in [2.75, 3.05) is 11.5 Å². The van der Waals surface area contributed by atoms with Gasteiger partial charge in [0, 0.05) is 22.9 Å². The highest BCUT2D eigenvalue weighted by atomic mass is 32.2. The van der Waals surface area contributed by atoms with Gasteiger partial charge in [-0.05, 0) is 31.9 Å². The minimum absolute atomic E-state index is 0.461. The summed E-state index contributed by atoms with van der Waals surface area (Å²) in [6.07, 6.45) is 5.80. The van der Waals surface area contributed by atoms with Crippen molar-refractivity contribution >= 4 is 23.1 Å². The third-order valence-electron chi connectivity index (χ3n) is 2.94. The largest absolute Gasteiger partial charge is 0.304 e. The van der Waals surface area contributed by atoms with Crippen LogP contribution in [0.5, 0.6) is 0 Å². The van der Waals surface area contributed by atoms with Crippen LogP contribution >= 0.6 is 23.1 Å². The van der Waals surface area contributed by atoms with Crippen LogP contribution in [0.4, 0.5) is 0 Å². The third kappa shape index (κ3) is 3.22. The molecule has 16 heavy (non-hydrogen) atoms. The van der Waals surface area contributed by atoms with E-state index in [9.17, 15) is 0 Å². The Balaban J connectivity index is 1.94. The van der Waals surface area contributed by atoms with Crippen molar-refractivity contribution < 1.29 is 0 Å². The molecule has 2 unspecified atom stereocenters. The van der Waals surface area contributed by atoms with E-state index in [0.29, 0.717) is 12.1 Å². The maximum absolute atomic E-state index is 4.50. The van der Waals surface area contributed by atoms with E-state index in [-0.39, 0.29) is 0 Å². The van der Waals surface area contributed by atoms with Gasteiger partial charge in [0.2, 0.25) is 0 Å². The van der Waals surface area contributed by atoms with Gasteiger partial charge in [-0.25, -0.2) is 4.98 Å². The van der Waals surface area contributed by atoms with Gasteiger partial charge in [0.15, 0.2) is 0 Å². The zero-order valence-corrected chi connectivity index (χ0v) is 11.7. The number of thioether (sulfide) groups is 1. The molecule has 0 spiro atoms. The van der Waals surface area contributed by atoms with Gasteiger partial charge in [-0.15, -0.1) is 11.3 Å². The molecular formula is C12H20N2S2. The fraction of sp³-hybridized carbons (Fsp3) is 0.750. The Labute approximate surface area is 106 Å². The van der Waals surface area contributed by atoms with Crippen LogP contribution in [-0.4, -0.2) is 22.5 Å². The lowest BCUT2D eigenvalue weighted by Gasteiger charge is -2.26. The lowest BCUT2D eigenvalue weighted by atomic mass is 10.1. The van der Waals surface area contributed by atoms with E-state index < -0.39 is 0 Å². The normalized spacial score (nSPS) is 23.2. The van der Waals surface area contributed by atoms with Gasteiger partial charge in [0.25, 0.3) is 0 Å². The maximum atomic E-state index is 4.50. The fourth-order valence-corrected chi connectivity index (χ4v) is 4.06. The van der Waals surface area contributed by atoms with Gasteiger partial charge in [0.1, 0.15) is 5.01 Å². The highest BCUT2D eigenvalue weighted by Crippen LogP contribution is 2.25. The molecule has 1 saturated heterocycles. The van der Waals surface area contributed by atoms with E-state index in [0.717, 1.165) is 6.42 Å². The highest BCUT2D eigenvalue weighted by Gasteiger charge is 2.19. The number of rotatable bonds is 4. The summed E-state index contributed by atoms with van der Waals surface area (Å²) < 4.78 is 0. The van der Waals surface area contributed by atoms with E-state index in [4.69, 9.17) is 0 Å². The average Bonchev–Trinajstić information content (AvgIpc) is 2.74. The van der Waals surface area contributed by atoms with Gasteiger partial charge in [-0.1, -0.05) is 6.92 Å². The topological polar surface area (TPSA) is 24.9 Å². The van der Waals surface area contributed by atoms with Gasteiger partial charge >= 0.3 is 0 Å². The molecule has 2 rings (SSSR count). The smallest absolute Gasteiger partial charge is 0.110 e. The molecule has 4 heteroatoms. The summed E-state index contributed by atoms with van der Waals surface area (Å²) in [4.78, 5) is 5.81. The van der Waals surface area contributed by atoms with E-state index >= 15 is 0 Å². The SMILES string of the molecule is CCC(NC1CCCSC1)c1ncc(C)s1. The van der Waals surface area contributed by atoms with Crippen LogP contribution in [0.25, 0.3) is 0 Å². The minimum Gasteiger partial charge on any atom is -0.304 e. The van der Waals surface area contributed by atoms with Crippen molar-refractivity contribution in [2.24, 2.45) is 0 Å². The first kappa shape index (κ1) is 12.4. The molecule has 1 aliphatic rings. The fourth-order valence-electron chi connectivity index (χ4n) is 2.05. The monoisotopic (exact) mass is 256 g/mol. The van der Waals surface area contributed by atoms with Crippen LogP contribution in [0.1, 0.15) is 42.1 Å². The molecule has 0 radical (unpaired) electrons. The number of aryl methyl sites for hydroxylation is 1. The standard InChI is InChI=1S/C12H20N2S2/c1-3-11(12-13-7-9(2)16-12)14-10-5-4-6-15-8-10/h7,10-11,14H,3-6,8H2,1-2H3. The summed E-state index contributed by atoms with van der Waals surface area (Å²) in [6, 6.07) is 1.15. The van der Waals surface area contributed by atoms with E-state index in [2.05, 4.69) is 35.9 Å². The summed E-state index contributed by atoms with van der Waals surface area (Å²) in [5, 5.41) is 5.02. The number of nitrogens with zero attached hydrogens (tertiary/aromatic N) is 1. The zero-order chi connectivity index (χ0) is 11.4. The number of aromatic nitrogens is 1. The molecule has 0 bridgehead atoms. The minimum atomic E-state index is 0.461. The Morgan fingerprint density at radius 1 is 1.62 bits per heavy atom. The van der Waals surface area contributed by atoms with Crippen LogP contribution in [0, 0.1) is 6.92 Å². The van der Waals surface area contributed by atoms with Gasteiger partial charge in [0.05, 0.1) is 6.04 Å². The molecule has 1 aromatic rings. The second kappa shape index (κ2) is 6.03. The van der Waals surface area contributed by atoms with Crippen molar-refractivity contribution in [3.63, 3.8) is 0 Å². The van der Waals surface area contributed by atoms with Crippen LogP contribution in [-0.2, 0) is 0 Å². The average molecular weight is 256 g/mol. The first-order chi connectivity index (χ1) is 7.79.